The fraction of sp³-hybridized carbons (Fsp3) is 0.872. The first-order valence-electron chi connectivity index (χ1n) is 19.4. The Hall–Kier alpha value is -2.73. The van der Waals surface area contributed by atoms with E-state index >= 15 is 0 Å². The molecule has 5 fully saturated rings. The van der Waals surface area contributed by atoms with Crippen molar-refractivity contribution in [2.45, 2.75) is 150 Å². The number of nitrogens with two attached hydrogens (primary N) is 1. The molecule has 5 unspecified atom stereocenters. The molecule has 0 aromatic rings. The molecule has 5 rings (SSSR count). The van der Waals surface area contributed by atoms with E-state index < -0.39 is 47.2 Å². The lowest BCUT2D eigenvalue weighted by atomic mass is 9.73. The minimum absolute atomic E-state index is 0.0266. The Labute approximate surface area is 305 Å². The zero-order valence-electron chi connectivity index (χ0n) is 33.1. The molecule has 5 amide bonds. The maximum atomic E-state index is 14.9. The standard InChI is InChI=1S/C39H67N7O5/c1-34(2,3)27(21-45-18-17-41-36(7,8)22-45)43-33(51)44-29(35(4,5)6)32(50)46-23-39(37(9,10)38(39)15-12-16-38)20-26(46)31(49)42-25(28(47)30(40)48)19-24-13-11-14-24/h24-27,29,41H,11-23H2,1-10H3,(H2,40,48)(H,42,49)(H2,43,44,51). The Morgan fingerprint density at radius 2 is 1.51 bits per heavy atom. The lowest BCUT2D eigenvalue weighted by Gasteiger charge is -2.43. The number of rotatable bonds is 11. The molecule has 2 aliphatic heterocycles. The molecule has 12 heteroatoms. The number of urea groups is 1. The van der Waals surface area contributed by atoms with Crippen LogP contribution in [0.5, 0.6) is 0 Å². The number of carbonyl (C=O) groups is 5. The maximum Gasteiger partial charge on any atom is 0.315 e. The summed E-state index contributed by atoms with van der Waals surface area (Å²) in [6.07, 6.45) is 7.02. The molecule has 2 spiro atoms. The molecule has 0 aromatic heterocycles. The van der Waals surface area contributed by atoms with E-state index in [2.05, 4.69) is 74.6 Å². The molecule has 2 heterocycles. The fourth-order valence-electron chi connectivity index (χ4n) is 10.1. The number of piperazine rings is 1. The molecular formula is C39H67N7O5. The topological polar surface area (TPSA) is 166 Å². The van der Waals surface area contributed by atoms with Crippen LogP contribution in [0.25, 0.3) is 0 Å². The summed E-state index contributed by atoms with van der Waals surface area (Å²) >= 11 is 0. The van der Waals surface area contributed by atoms with Crippen molar-refractivity contribution in [2.24, 2.45) is 38.7 Å². The lowest BCUT2D eigenvalue weighted by molar-refractivity contribution is -0.143. The van der Waals surface area contributed by atoms with E-state index in [1.165, 1.54) is 0 Å². The van der Waals surface area contributed by atoms with Gasteiger partial charge in [-0.3, -0.25) is 24.1 Å². The Balaban J connectivity index is 1.38. The molecule has 6 N–H and O–H groups in total. The monoisotopic (exact) mass is 714 g/mol. The molecule has 288 valence electrons. The maximum absolute atomic E-state index is 14.9. The van der Waals surface area contributed by atoms with Crippen molar-refractivity contribution in [2.75, 3.05) is 32.7 Å². The quantitative estimate of drug-likeness (QED) is 0.205. The van der Waals surface area contributed by atoms with Gasteiger partial charge in [-0.25, -0.2) is 4.79 Å². The minimum Gasteiger partial charge on any atom is -0.363 e. The predicted molar refractivity (Wildman–Crippen MR) is 197 cm³/mol. The van der Waals surface area contributed by atoms with Gasteiger partial charge in [-0.05, 0) is 67.1 Å². The second kappa shape index (κ2) is 13.6. The van der Waals surface area contributed by atoms with Gasteiger partial charge in [0.25, 0.3) is 5.91 Å². The number of Topliss-reactive ketones (excluding diaryl/α,β-unsaturated/α-hetero) is 1. The SMILES string of the molecule is CC1(C)CN(CC(NC(=O)NC(C(=O)N2CC3(CC2C(=O)NC(CC2CCC2)C(=O)C(N)=O)C(C)(C)C32CCC2)C(C)(C)C)C(C)(C)C)CCN1. The number of amides is 5. The summed E-state index contributed by atoms with van der Waals surface area (Å²) in [7, 11) is 0. The van der Waals surface area contributed by atoms with E-state index in [4.69, 9.17) is 5.73 Å². The molecule has 0 aromatic carbocycles. The molecule has 0 bridgehead atoms. The van der Waals surface area contributed by atoms with Crippen molar-refractivity contribution in [1.82, 2.24) is 31.1 Å². The number of carbonyl (C=O) groups excluding carboxylic acids is 5. The Kier molecular flexibility index (Phi) is 10.5. The number of hydrogen-bond acceptors (Lipinski definition) is 7. The van der Waals surface area contributed by atoms with E-state index in [0.717, 1.165) is 58.2 Å². The molecule has 2 saturated heterocycles. The highest BCUT2D eigenvalue weighted by Crippen LogP contribution is 2.88. The van der Waals surface area contributed by atoms with Crippen molar-refractivity contribution in [3.8, 4) is 0 Å². The average Bonchev–Trinajstić information content (AvgIpc) is 3.18. The third kappa shape index (κ3) is 7.42. The van der Waals surface area contributed by atoms with Gasteiger partial charge in [0, 0.05) is 49.7 Å². The average molecular weight is 714 g/mol. The number of likely N-dealkylation sites (tertiary alicyclic amines) is 1. The molecule has 0 radical (unpaired) electrons. The normalized spacial score (nSPS) is 28.6. The highest BCUT2D eigenvalue weighted by molar-refractivity contribution is 6.37. The molecule has 3 aliphatic carbocycles. The number of hydrogen-bond donors (Lipinski definition) is 5. The molecule has 5 aliphatic rings. The van der Waals surface area contributed by atoms with Crippen LogP contribution in [0.15, 0.2) is 0 Å². The van der Waals surface area contributed by atoms with Crippen molar-refractivity contribution in [3.05, 3.63) is 0 Å². The van der Waals surface area contributed by atoms with Crippen molar-refractivity contribution < 1.29 is 24.0 Å². The Bertz CT molecular complexity index is 1390. The summed E-state index contributed by atoms with van der Waals surface area (Å²) in [5.41, 5.74) is 4.23. The first-order valence-corrected chi connectivity index (χ1v) is 19.4. The highest BCUT2D eigenvalue weighted by Gasteiger charge is 2.85. The van der Waals surface area contributed by atoms with Gasteiger partial charge in [-0.1, -0.05) is 81.1 Å². The molecule has 51 heavy (non-hydrogen) atoms. The van der Waals surface area contributed by atoms with E-state index in [1.54, 1.807) is 4.90 Å². The van der Waals surface area contributed by atoms with Crippen LogP contribution in [0.2, 0.25) is 0 Å². The number of ketones is 1. The summed E-state index contributed by atoms with van der Waals surface area (Å²) in [4.78, 5) is 72.1. The van der Waals surface area contributed by atoms with Crippen LogP contribution >= 0.6 is 0 Å². The largest absolute Gasteiger partial charge is 0.363 e. The van der Waals surface area contributed by atoms with E-state index in [0.29, 0.717) is 25.9 Å². The van der Waals surface area contributed by atoms with Gasteiger partial charge >= 0.3 is 6.03 Å². The summed E-state index contributed by atoms with van der Waals surface area (Å²) in [5.74, 6) is -2.36. The van der Waals surface area contributed by atoms with Gasteiger partial charge in [-0.2, -0.15) is 0 Å². The van der Waals surface area contributed by atoms with Crippen LogP contribution in [0.3, 0.4) is 0 Å². The van der Waals surface area contributed by atoms with Crippen LogP contribution in [0.1, 0.15) is 121 Å². The number of primary amides is 1. The van der Waals surface area contributed by atoms with Gasteiger partial charge in [0.2, 0.25) is 17.6 Å². The van der Waals surface area contributed by atoms with E-state index in [-0.39, 0.29) is 45.1 Å². The summed E-state index contributed by atoms with van der Waals surface area (Å²) in [6.45, 7) is 24.7. The van der Waals surface area contributed by atoms with Crippen LogP contribution in [0, 0.1) is 33.0 Å². The van der Waals surface area contributed by atoms with E-state index in [9.17, 15) is 24.0 Å². The van der Waals surface area contributed by atoms with Crippen LogP contribution < -0.4 is 27.0 Å². The van der Waals surface area contributed by atoms with Gasteiger partial charge in [-0.15, -0.1) is 0 Å². The molecule has 12 nitrogen and oxygen atoms in total. The molecule has 5 atom stereocenters. The summed E-state index contributed by atoms with van der Waals surface area (Å²) in [6, 6.07) is -3.37. The number of nitrogens with zero attached hydrogens (tertiary/aromatic N) is 2. The second-order valence-electron chi connectivity index (χ2n) is 20.0. The fourth-order valence-corrected chi connectivity index (χ4v) is 10.1. The van der Waals surface area contributed by atoms with Gasteiger partial charge < -0.3 is 31.9 Å². The number of nitrogens with one attached hydrogen (secondary N) is 4. The minimum atomic E-state index is -1.07. The third-order valence-electron chi connectivity index (χ3n) is 13.9. The first kappa shape index (κ1) is 39.5. The summed E-state index contributed by atoms with van der Waals surface area (Å²) < 4.78 is 0. The third-order valence-corrected chi connectivity index (χ3v) is 13.9. The van der Waals surface area contributed by atoms with Crippen molar-refractivity contribution in [1.29, 1.82) is 0 Å². The van der Waals surface area contributed by atoms with Crippen LogP contribution in [-0.2, 0) is 19.2 Å². The van der Waals surface area contributed by atoms with Gasteiger partial charge in [0.1, 0.15) is 12.1 Å². The van der Waals surface area contributed by atoms with Crippen LogP contribution in [0.4, 0.5) is 4.79 Å². The first-order chi connectivity index (χ1) is 23.4. The smallest absolute Gasteiger partial charge is 0.315 e. The van der Waals surface area contributed by atoms with Crippen molar-refractivity contribution in [3.63, 3.8) is 0 Å². The second-order valence-corrected chi connectivity index (χ2v) is 20.0. The Morgan fingerprint density at radius 3 is 1.98 bits per heavy atom. The number of fused-ring (bicyclic) bond motifs is 1. The van der Waals surface area contributed by atoms with Gasteiger partial charge in [0.05, 0.1) is 6.04 Å². The zero-order valence-corrected chi connectivity index (χ0v) is 33.1. The van der Waals surface area contributed by atoms with E-state index in [1.807, 2.05) is 20.8 Å². The predicted octanol–water partition coefficient (Wildman–Crippen LogP) is 3.33. The van der Waals surface area contributed by atoms with Gasteiger partial charge in [0.15, 0.2) is 0 Å². The zero-order chi connectivity index (χ0) is 37.9. The van der Waals surface area contributed by atoms with Crippen LogP contribution in [-0.4, -0.2) is 102 Å². The molecular weight excluding hydrogens is 646 g/mol. The highest BCUT2D eigenvalue weighted by atomic mass is 16.2. The van der Waals surface area contributed by atoms with Crippen molar-refractivity contribution >= 4 is 29.5 Å². The molecule has 3 saturated carbocycles. The summed E-state index contributed by atoms with van der Waals surface area (Å²) in [5, 5.41) is 12.7. The lowest BCUT2D eigenvalue weighted by Crippen LogP contribution is -2.63. The Morgan fingerprint density at radius 1 is 0.863 bits per heavy atom.